The summed E-state index contributed by atoms with van der Waals surface area (Å²) in [6.45, 7) is 5.85. The average molecular weight is 199 g/mol. The molecule has 0 aromatic rings. The first-order valence-corrected chi connectivity index (χ1v) is 6.06. The summed E-state index contributed by atoms with van der Waals surface area (Å²) in [5.74, 6) is 0.888. The van der Waals surface area contributed by atoms with Gasteiger partial charge in [0, 0.05) is 12.1 Å². The van der Waals surface area contributed by atoms with Gasteiger partial charge >= 0.3 is 0 Å². The summed E-state index contributed by atoms with van der Waals surface area (Å²) in [6, 6.07) is 0. The van der Waals surface area contributed by atoms with Crippen molar-refractivity contribution in [2.24, 2.45) is 5.92 Å². The van der Waals surface area contributed by atoms with Crippen molar-refractivity contribution in [2.75, 3.05) is 13.2 Å². The Balaban J connectivity index is 2.25. The average Bonchev–Trinajstić information content (AvgIpc) is 2.68. The van der Waals surface area contributed by atoms with Crippen molar-refractivity contribution in [3.8, 4) is 0 Å². The van der Waals surface area contributed by atoms with Crippen molar-refractivity contribution in [2.45, 2.75) is 57.9 Å². The van der Waals surface area contributed by atoms with Gasteiger partial charge in [-0.05, 0) is 45.1 Å². The second-order valence-electron chi connectivity index (χ2n) is 4.92. The van der Waals surface area contributed by atoms with Gasteiger partial charge in [-0.1, -0.05) is 19.8 Å². The second kappa shape index (κ2) is 5.72. The van der Waals surface area contributed by atoms with Gasteiger partial charge in [0.2, 0.25) is 0 Å². The molecule has 1 atom stereocenters. The fourth-order valence-electron chi connectivity index (χ4n) is 2.24. The van der Waals surface area contributed by atoms with E-state index in [1.54, 1.807) is 0 Å². The van der Waals surface area contributed by atoms with Gasteiger partial charge in [-0.2, -0.15) is 0 Å². The summed E-state index contributed by atoms with van der Waals surface area (Å²) in [7, 11) is 0. The molecule has 0 radical (unpaired) electrons. The van der Waals surface area contributed by atoms with E-state index in [-0.39, 0.29) is 5.54 Å². The summed E-state index contributed by atoms with van der Waals surface area (Å²) in [5, 5.41) is 12.6. The van der Waals surface area contributed by atoms with Gasteiger partial charge in [-0.15, -0.1) is 0 Å². The maximum absolute atomic E-state index is 8.98. The maximum Gasteiger partial charge on any atom is 0.0448 e. The molecule has 1 aliphatic carbocycles. The molecule has 84 valence electrons. The highest BCUT2D eigenvalue weighted by Crippen LogP contribution is 2.25. The SMILES string of the molecule is CCC(C)(CCO)NCC1CCCC1. The summed E-state index contributed by atoms with van der Waals surface area (Å²) in [5.41, 5.74) is 0.150. The number of hydrogen-bond donors (Lipinski definition) is 2. The molecule has 0 heterocycles. The predicted octanol–water partition coefficient (Wildman–Crippen LogP) is 2.32. The van der Waals surface area contributed by atoms with Crippen LogP contribution in [0.5, 0.6) is 0 Å². The number of nitrogens with one attached hydrogen (secondary N) is 1. The van der Waals surface area contributed by atoms with Crippen LogP contribution in [0.2, 0.25) is 0 Å². The van der Waals surface area contributed by atoms with Gasteiger partial charge in [0.25, 0.3) is 0 Å². The third-order valence-corrected chi connectivity index (χ3v) is 3.74. The minimum absolute atomic E-state index is 0.150. The molecule has 2 heteroatoms. The first kappa shape index (κ1) is 12.0. The van der Waals surface area contributed by atoms with Crippen molar-refractivity contribution >= 4 is 0 Å². The highest BCUT2D eigenvalue weighted by molar-refractivity contribution is 4.83. The van der Waals surface area contributed by atoms with Crippen LogP contribution in [-0.4, -0.2) is 23.8 Å². The molecule has 0 aromatic carbocycles. The van der Waals surface area contributed by atoms with Crippen LogP contribution < -0.4 is 5.32 Å². The van der Waals surface area contributed by atoms with E-state index in [1.165, 1.54) is 25.7 Å². The van der Waals surface area contributed by atoms with E-state index in [9.17, 15) is 0 Å². The van der Waals surface area contributed by atoms with E-state index < -0.39 is 0 Å². The van der Waals surface area contributed by atoms with Crippen LogP contribution in [0.15, 0.2) is 0 Å². The summed E-state index contributed by atoms with van der Waals surface area (Å²) in [4.78, 5) is 0. The van der Waals surface area contributed by atoms with Crippen molar-refractivity contribution in [3.63, 3.8) is 0 Å². The van der Waals surface area contributed by atoms with Crippen LogP contribution in [0.25, 0.3) is 0 Å². The Morgan fingerprint density at radius 1 is 1.36 bits per heavy atom. The van der Waals surface area contributed by atoms with Crippen LogP contribution in [0, 0.1) is 5.92 Å². The first-order chi connectivity index (χ1) is 6.70. The Hall–Kier alpha value is -0.0800. The molecule has 1 saturated carbocycles. The Morgan fingerprint density at radius 3 is 2.50 bits per heavy atom. The molecule has 1 unspecified atom stereocenters. The largest absolute Gasteiger partial charge is 0.396 e. The smallest absolute Gasteiger partial charge is 0.0448 e. The minimum Gasteiger partial charge on any atom is -0.396 e. The molecule has 0 aromatic heterocycles. The molecule has 0 spiro atoms. The number of aliphatic hydroxyl groups excluding tert-OH is 1. The molecule has 0 bridgehead atoms. The second-order valence-corrected chi connectivity index (χ2v) is 4.92. The molecule has 1 rings (SSSR count). The van der Waals surface area contributed by atoms with Gasteiger partial charge in [0.05, 0.1) is 0 Å². The zero-order valence-corrected chi connectivity index (χ0v) is 9.68. The molecular weight excluding hydrogens is 174 g/mol. The molecule has 1 aliphatic rings. The lowest BCUT2D eigenvalue weighted by molar-refractivity contribution is 0.209. The van der Waals surface area contributed by atoms with Gasteiger partial charge in [0.1, 0.15) is 0 Å². The van der Waals surface area contributed by atoms with Crippen LogP contribution in [0.3, 0.4) is 0 Å². The summed E-state index contributed by atoms with van der Waals surface area (Å²) < 4.78 is 0. The third-order valence-electron chi connectivity index (χ3n) is 3.74. The molecule has 2 N–H and O–H groups in total. The van der Waals surface area contributed by atoms with Crippen molar-refractivity contribution in [1.29, 1.82) is 0 Å². The lowest BCUT2D eigenvalue weighted by Gasteiger charge is -2.30. The van der Waals surface area contributed by atoms with Crippen LogP contribution >= 0.6 is 0 Å². The van der Waals surface area contributed by atoms with Crippen molar-refractivity contribution in [3.05, 3.63) is 0 Å². The molecular formula is C12H25NO. The number of hydrogen-bond acceptors (Lipinski definition) is 2. The van der Waals surface area contributed by atoms with E-state index in [0.717, 1.165) is 25.3 Å². The Bertz CT molecular complexity index is 154. The lowest BCUT2D eigenvalue weighted by atomic mass is 9.94. The van der Waals surface area contributed by atoms with Crippen LogP contribution in [0.1, 0.15) is 52.4 Å². The highest BCUT2D eigenvalue weighted by Gasteiger charge is 2.23. The number of aliphatic hydroxyl groups is 1. The third kappa shape index (κ3) is 3.58. The zero-order valence-electron chi connectivity index (χ0n) is 9.68. The summed E-state index contributed by atoms with van der Waals surface area (Å²) in [6.07, 6.45) is 7.58. The van der Waals surface area contributed by atoms with Crippen LogP contribution in [0.4, 0.5) is 0 Å². The van der Waals surface area contributed by atoms with Crippen LogP contribution in [-0.2, 0) is 0 Å². The van der Waals surface area contributed by atoms with E-state index in [0.29, 0.717) is 6.61 Å². The molecule has 0 saturated heterocycles. The van der Waals surface area contributed by atoms with E-state index in [1.807, 2.05) is 0 Å². The van der Waals surface area contributed by atoms with Crippen molar-refractivity contribution in [1.82, 2.24) is 5.32 Å². The van der Waals surface area contributed by atoms with Gasteiger partial charge in [-0.3, -0.25) is 0 Å². The Morgan fingerprint density at radius 2 is 2.00 bits per heavy atom. The molecule has 2 nitrogen and oxygen atoms in total. The normalized spacial score (nSPS) is 22.5. The monoisotopic (exact) mass is 199 g/mol. The highest BCUT2D eigenvalue weighted by atomic mass is 16.3. The quantitative estimate of drug-likeness (QED) is 0.688. The number of rotatable bonds is 6. The predicted molar refractivity (Wildman–Crippen MR) is 60.4 cm³/mol. The molecule has 0 amide bonds. The van der Waals surface area contributed by atoms with Gasteiger partial charge < -0.3 is 10.4 Å². The maximum atomic E-state index is 8.98. The summed E-state index contributed by atoms with van der Waals surface area (Å²) >= 11 is 0. The topological polar surface area (TPSA) is 32.3 Å². The molecule has 0 aliphatic heterocycles. The van der Waals surface area contributed by atoms with E-state index in [2.05, 4.69) is 19.2 Å². The lowest BCUT2D eigenvalue weighted by Crippen LogP contribution is -2.44. The zero-order chi connectivity index (χ0) is 10.4. The van der Waals surface area contributed by atoms with E-state index in [4.69, 9.17) is 5.11 Å². The Kier molecular flexibility index (Phi) is 4.90. The fourth-order valence-corrected chi connectivity index (χ4v) is 2.24. The molecule has 14 heavy (non-hydrogen) atoms. The van der Waals surface area contributed by atoms with Gasteiger partial charge in [-0.25, -0.2) is 0 Å². The Labute approximate surface area is 88.1 Å². The van der Waals surface area contributed by atoms with Crippen molar-refractivity contribution < 1.29 is 5.11 Å². The minimum atomic E-state index is 0.150. The standard InChI is InChI=1S/C12H25NO/c1-3-12(2,8-9-14)13-10-11-6-4-5-7-11/h11,13-14H,3-10H2,1-2H3. The molecule has 1 fully saturated rings. The first-order valence-electron chi connectivity index (χ1n) is 6.06. The fraction of sp³-hybridized carbons (Fsp3) is 1.00. The van der Waals surface area contributed by atoms with E-state index >= 15 is 0 Å². The van der Waals surface area contributed by atoms with Gasteiger partial charge in [0.15, 0.2) is 0 Å².